The molecule has 0 saturated heterocycles. The number of rotatable bonds is 4. The van der Waals surface area contributed by atoms with E-state index in [-0.39, 0.29) is 24.8 Å². The largest absolute Gasteiger partial charge is 1.00 e. The van der Waals surface area contributed by atoms with Crippen LogP contribution in [0.1, 0.15) is 66.2 Å². The third-order valence-corrected chi connectivity index (χ3v) is 30.7. The molecular weight excluding hydrogens is 599 g/mol. The maximum absolute atomic E-state index is 2.67. The molecule has 0 fully saturated rings. The van der Waals surface area contributed by atoms with Gasteiger partial charge in [-0.15, -0.1) is 0 Å². The zero-order chi connectivity index (χ0) is 24.8. The van der Waals surface area contributed by atoms with Gasteiger partial charge in [-0.1, -0.05) is 0 Å². The molecule has 2 aromatic carbocycles. The Balaban J connectivity index is 0.00000168. The minimum atomic E-state index is -2.26. The van der Waals surface area contributed by atoms with Crippen molar-refractivity contribution in [2.75, 3.05) is 0 Å². The van der Waals surface area contributed by atoms with Gasteiger partial charge in [-0.2, -0.15) is 0 Å². The molecule has 4 heteroatoms. The monoisotopic (exact) mass is 636 g/mol. The quantitative estimate of drug-likeness (QED) is 0.451. The van der Waals surface area contributed by atoms with Crippen molar-refractivity contribution in [3.63, 3.8) is 0 Å². The minimum Gasteiger partial charge on any atom is -1.00 e. The molecule has 198 valence electrons. The van der Waals surface area contributed by atoms with E-state index in [0.717, 1.165) is 19.1 Å². The molecule has 38 heavy (non-hydrogen) atoms. The summed E-state index contributed by atoms with van der Waals surface area (Å²) < 4.78 is 1.55. The molecule has 0 saturated carbocycles. The number of hydrogen-bond acceptors (Lipinski definition) is 0. The van der Waals surface area contributed by atoms with Crippen LogP contribution in [-0.2, 0) is 20.4 Å². The third-order valence-electron chi connectivity index (χ3n) is 9.38. The molecular formula is C34H40Cl2SiZr. The molecule has 2 aromatic rings. The second-order valence-electron chi connectivity index (χ2n) is 11.8. The van der Waals surface area contributed by atoms with Crippen LogP contribution in [-0.4, -0.2) is 5.43 Å². The molecule has 0 heterocycles. The van der Waals surface area contributed by atoms with Gasteiger partial charge < -0.3 is 24.8 Å². The zero-order valence-corrected chi connectivity index (χ0v) is 28.2. The Morgan fingerprint density at radius 3 is 1.42 bits per heavy atom. The number of benzene rings is 2. The molecule has 0 bridgehead atoms. The van der Waals surface area contributed by atoms with Crippen LogP contribution in [0.3, 0.4) is 0 Å². The third kappa shape index (κ3) is 5.37. The van der Waals surface area contributed by atoms with E-state index in [9.17, 15) is 0 Å². The first kappa shape index (κ1) is 30.0. The van der Waals surface area contributed by atoms with Gasteiger partial charge in [-0.3, -0.25) is 0 Å². The van der Waals surface area contributed by atoms with E-state index in [1.165, 1.54) is 38.5 Å². The fourth-order valence-electron chi connectivity index (χ4n) is 7.76. The summed E-state index contributed by atoms with van der Waals surface area (Å²) in [6.45, 7) is 10.0. The first-order valence-corrected chi connectivity index (χ1v) is 22.2. The summed E-state index contributed by atoms with van der Waals surface area (Å²) in [5.74, 6) is 1.49. The van der Waals surface area contributed by atoms with Gasteiger partial charge in [-0.25, -0.2) is 0 Å². The summed E-state index contributed by atoms with van der Waals surface area (Å²) in [5, 5.41) is 3.33. The van der Waals surface area contributed by atoms with Crippen molar-refractivity contribution >= 4 is 15.8 Å². The molecule has 4 atom stereocenters. The van der Waals surface area contributed by atoms with Crippen LogP contribution in [0, 0.1) is 11.8 Å². The summed E-state index contributed by atoms with van der Waals surface area (Å²) in [7, 11) is 0. The van der Waals surface area contributed by atoms with E-state index in [4.69, 9.17) is 0 Å². The van der Waals surface area contributed by atoms with Gasteiger partial charge in [0.2, 0.25) is 0 Å². The average Bonchev–Trinajstić information content (AvgIpc) is 3.41. The van der Waals surface area contributed by atoms with Crippen molar-refractivity contribution < 1.29 is 45.2 Å². The molecule has 0 amide bonds. The molecule has 0 aliphatic heterocycles. The number of allylic oxidation sites excluding steroid dienone is 8. The molecule has 0 aromatic heterocycles. The van der Waals surface area contributed by atoms with E-state index < -0.39 is 25.8 Å². The molecule has 4 unspecified atom stereocenters. The van der Waals surface area contributed by atoms with Gasteiger partial charge in [0.25, 0.3) is 0 Å². The number of hydrogen-bond donors (Lipinski definition) is 0. The van der Waals surface area contributed by atoms with Crippen molar-refractivity contribution in [3.8, 4) is 0 Å². The van der Waals surface area contributed by atoms with E-state index in [1.807, 2.05) is 11.1 Å². The Labute approximate surface area is 250 Å². The van der Waals surface area contributed by atoms with E-state index in [2.05, 4.69) is 101 Å². The smallest absolute Gasteiger partial charge is 1.00 e. The van der Waals surface area contributed by atoms with Crippen molar-refractivity contribution in [2.45, 2.75) is 73.5 Å². The zero-order valence-electron chi connectivity index (χ0n) is 23.2. The first-order chi connectivity index (χ1) is 17.5. The van der Waals surface area contributed by atoms with Gasteiger partial charge in [0, 0.05) is 0 Å². The molecule has 0 nitrogen and oxygen atoms in total. The van der Waals surface area contributed by atoms with Crippen molar-refractivity contribution in [3.05, 3.63) is 106 Å². The summed E-state index contributed by atoms with van der Waals surface area (Å²) >= 11 is -2.26. The second-order valence-corrected chi connectivity index (χ2v) is 25.8. The van der Waals surface area contributed by atoms with Gasteiger partial charge in [0.15, 0.2) is 0 Å². The molecule has 6 rings (SSSR count). The Morgan fingerprint density at radius 1 is 0.632 bits per heavy atom. The maximum Gasteiger partial charge on any atom is -1.00 e. The standard InChI is InChI=1S/C12H10Si.2C11H15.2ClH.Zr/c1-3-7-11(8-4-1)13-12-9-5-2-6-10-12;2*1-8-6-10-5-3-4-9(2)11(10)7-8;;;/h1-10H;2*6-7,9H,3-5H2,1-2H3;2*1H;/q;;;;;+2/p-2. The van der Waals surface area contributed by atoms with E-state index in [0.29, 0.717) is 0 Å². The van der Waals surface area contributed by atoms with Gasteiger partial charge in [0.1, 0.15) is 0 Å². The Morgan fingerprint density at radius 2 is 1.03 bits per heavy atom. The summed E-state index contributed by atoms with van der Waals surface area (Å²) in [4.78, 5) is 0. The minimum absolute atomic E-state index is 0. The van der Waals surface area contributed by atoms with Crippen LogP contribution in [0.15, 0.2) is 106 Å². The molecule has 4 aliphatic carbocycles. The van der Waals surface area contributed by atoms with Crippen LogP contribution < -0.4 is 35.2 Å². The fourth-order valence-corrected chi connectivity index (χ4v) is 33.8. The van der Waals surface area contributed by atoms with Crippen LogP contribution in [0.4, 0.5) is 0 Å². The topological polar surface area (TPSA) is 0 Å². The Kier molecular flexibility index (Phi) is 10.1. The normalized spacial score (nSPS) is 25.8. The van der Waals surface area contributed by atoms with Crippen molar-refractivity contribution in [1.82, 2.24) is 0 Å². The predicted octanol–water partition coefficient (Wildman–Crippen LogP) is 2.15. The van der Waals surface area contributed by atoms with Crippen LogP contribution >= 0.6 is 0 Å². The van der Waals surface area contributed by atoms with E-state index in [1.54, 1.807) is 32.7 Å². The van der Waals surface area contributed by atoms with Crippen LogP contribution in [0.25, 0.3) is 0 Å². The van der Waals surface area contributed by atoms with Gasteiger partial charge >= 0.3 is 228 Å². The fraction of sp³-hybridized carbons (Fsp3) is 0.412. The SMILES string of the molecule is CC1=CC2=C(CCCC2C)[CH]1[Zr+2]([CH]1C(C)=CC2=C1CCCC2C)=[Si](c1ccccc1)c1ccccc1.[Cl-].[Cl-]. The number of halogens is 2. The second kappa shape index (κ2) is 12.7. The first-order valence-electron chi connectivity index (χ1n) is 14.2. The predicted molar refractivity (Wildman–Crippen MR) is 153 cm³/mol. The average molecular weight is 639 g/mol. The van der Waals surface area contributed by atoms with Crippen LogP contribution in [0.5, 0.6) is 0 Å². The van der Waals surface area contributed by atoms with Crippen molar-refractivity contribution in [2.24, 2.45) is 11.8 Å². The molecule has 4 aliphatic rings. The summed E-state index contributed by atoms with van der Waals surface area (Å²) in [6, 6.07) is 23.6. The van der Waals surface area contributed by atoms with Crippen molar-refractivity contribution in [1.29, 1.82) is 0 Å². The summed E-state index contributed by atoms with van der Waals surface area (Å²) in [5.41, 5.74) is 9.86. The van der Waals surface area contributed by atoms with Crippen LogP contribution in [0.2, 0.25) is 7.25 Å². The van der Waals surface area contributed by atoms with Gasteiger partial charge in [0.05, 0.1) is 0 Å². The Bertz CT molecular complexity index is 1230. The molecule has 0 spiro atoms. The molecule has 0 N–H and O–H groups in total. The Hall–Kier alpha value is -0.920. The maximum atomic E-state index is 2.67. The molecule has 0 radical (unpaired) electrons. The van der Waals surface area contributed by atoms with E-state index >= 15 is 0 Å². The summed E-state index contributed by atoms with van der Waals surface area (Å²) in [6.07, 6.45) is 13.6. The van der Waals surface area contributed by atoms with Gasteiger partial charge in [-0.05, 0) is 0 Å².